The zero-order chi connectivity index (χ0) is 19.0. The van der Waals surface area contributed by atoms with Gasteiger partial charge in [-0.05, 0) is 44.4 Å². The zero-order valence-corrected chi connectivity index (χ0v) is 16.7. The molecule has 27 heavy (non-hydrogen) atoms. The Balaban J connectivity index is 1.49. The molecule has 1 aliphatic rings. The lowest BCUT2D eigenvalue weighted by atomic mass is 10.1. The first-order valence-electron chi connectivity index (χ1n) is 9.25. The van der Waals surface area contributed by atoms with E-state index in [0.717, 1.165) is 37.9 Å². The number of amides is 1. The molecule has 6 heteroatoms. The van der Waals surface area contributed by atoms with Gasteiger partial charge in [0.25, 0.3) is 5.91 Å². The number of benzene rings is 1. The summed E-state index contributed by atoms with van der Waals surface area (Å²) in [4.78, 5) is 25.8. The summed E-state index contributed by atoms with van der Waals surface area (Å²) in [6, 6.07) is 9.65. The quantitative estimate of drug-likeness (QED) is 0.637. The Morgan fingerprint density at radius 3 is 2.67 bits per heavy atom. The molecule has 0 atom stereocenters. The summed E-state index contributed by atoms with van der Waals surface area (Å²) in [6.45, 7) is 5.00. The third kappa shape index (κ3) is 3.67. The number of fused-ring (bicyclic) bond motifs is 1. The van der Waals surface area contributed by atoms with Crippen molar-refractivity contribution in [2.24, 2.45) is 0 Å². The molecule has 1 aromatic carbocycles. The van der Waals surface area contributed by atoms with Gasteiger partial charge in [-0.3, -0.25) is 4.79 Å². The second-order valence-corrected chi connectivity index (χ2v) is 8.07. The van der Waals surface area contributed by atoms with E-state index < -0.39 is 0 Å². The van der Waals surface area contributed by atoms with Crippen LogP contribution in [0.2, 0.25) is 0 Å². The van der Waals surface area contributed by atoms with Crippen molar-refractivity contribution >= 4 is 27.5 Å². The van der Waals surface area contributed by atoms with Gasteiger partial charge in [-0.1, -0.05) is 18.2 Å². The highest BCUT2D eigenvalue weighted by atomic mass is 32.1. The number of rotatable bonds is 6. The maximum absolute atomic E-state index is 13.0. The van der Waals surface area contributed by atoms with Gasteiger partial charge in [0.2, 0.25) is 0 Å². The maximum atomic E-state index is 13.0. The molecule has 2 aromatic heterocycles. The van der Waals surface area contributed by atoms with Crippen LogP contribution >= 0.6 is 11.3 Å². The van der Waals surface area contributed by atoms with Gasteiger partial charge in [0.05, 0.1) is 17.1 Å². The number of thiophene rings is 1. The van der Waals surface area contributed by atoms with Gasteiger partial charge >= 0.3 is 0 Å². The molecule has 4 rings (SSSR count). The Bertz CT molecular complexity index is 980. The van der Waals surface area contributed by atoms with E-state index in [4.69, 9.17) is 9.72 Å². The molecule has 1 aliphatic carbocycles. The lowest BCUT2D eigenvalue weighted by molar-refractivity contribution is 0.0778. The number of hydrogen-bond donors (Lipinski definition) is 0. The van der Waals surface area contributed by atoms with Crippen LogP contribution in [0.25, 0.3) is 10.2 Å². The second-order valence-electron chi connectivity index (χ2n) is 7.07. The van der Waals surface area contributed by atoms with E-state index >= 15 is 0 Å². The predicted molar refractivity (Wildman–Crippen MR) is 108 cm³/mol. The van der Waals surface area contributed by atoms with Gasteiger partial charge in [0.15, 0.2) is 0 Å². The Morgan fingerprint density at radius 1 is 1.22 bits per heavy atom. The molecule has 1 amide bonds. The van der Waals surface area contributed by atoms with Crippen LogP contribution in [-0.2, 0) is 0 Å². The van der Waals surface area contributed by atoms with Crippen LogP contribution in [0, 0.1) is 13.8 Å². The van der Waals surface area contributed by atoms with Crippen LogP contribution in [0.1, 0.15) is 45.5 Å². The number of aromatic nitrogens is 2. The van der Waals surface area contributed by atoms with E-state index in [1.807, 2.05) is 51.2 Å². The summed E-state index contributed by atoms with van der Waals surface area (Å²) >= 11 is 1.48. The summed E-state index contributed by atoms with van der Waals surface area (Å²) in [5, 5.41) is 1.03. The monoisotopic (exact) mass is 381 g/mol. The van der Waals surface area contributed by atoms with E-state index in [1.165, 1.54) is 24.2 Å². The number of aryl methyl sites for hydroxylation is 2. The molecular weight excluding hydrogens is 358 g/mol. The zero-order valence-electron chi connectivity index (χ0n) is 15.9. The smallest absolute Gasteiger partial charge is 0.264 e. The van der Waals surface area contributed by atoms with Gasteiger partial charge in [0, 0.05) is 18.4 Å². The van der Waals surface area contributed by atoms with E-state index in [1.54, 1.807) is 4.90 Å². The fourth-order valence-corrected chi connectivity index (χ4v) is 4.41. The fourth-order valence-electron chi connectivity index (χ4n) is 3.18. The van der Waals surface area contributed by atoms with Crippen molar-refractivity contribution in [2.75, 3.05) is 20.2 Å². The first-order chi connectivity index (χ1) is 13.0. The molecule has 0 bridgehead atoms. The van der Waals surface area contributed by atoms with Gasteiger partial charge < -0.3 is 9.64 Å². The number of nitrogens with zero attached hydrogens (tertiary/aromatic N) is 3. The third-order valence-corrected chi connectivity index (χ3v) is 6.08. The number of likely N-dealkylation sites (N-methyl/N-ethyl adjacent to an activating group) is 1. The first-order valence-corrected chi connectivity index (χ1v) is 10.1. The van der Waals surface area contributed by atoms with E-state index in [-0.39, 0.29) is 5.91 Å². The minimum absolute atomic E-state index is 0.0135. The summed E-state index contributed by atoms with van der Waals surface area (Å²) in [5.41, 5.74) is 1.96. The van der Waals surface area contributed by atoms with Crippen molar-refractivity contribution in [3.05, 3.63) is 52.3 Å². The Kier molecular flexibility index (Phi) is 4.83. The van der Waals surface area contributed by atoms with Crippen LogP contribution in [0.3, 0.4) is 0 Å². The van der Waals surface area contributed by atoms with Crippen molar-refractivity contribution in [1.82, 2.24) is 14.9 Å². The molecule has 0 unspecified atom stereocenters. The largest absolute Gasteiger partial charge is 0.492 e. The van der Waals surface area contributed by atoms with Crippen LogP contribution in [-0.4, -0.2) is 41.0 Å². The highest BCUT2D eigenvalue weighted by Crippen LogP contribution is 2.40. The predicted octanol–water partition coefficient (Wildman–Crippen LogP) is 4.34. The maximum Gasteiger partial charge on any atom is 0.264 e. The minimum atomic E-state index is 0.0135. The van der Waals surface area contributed by atoms with Crippen LogP contribution in [0.4, 0.5) is 0 Å². The summed E-state index contributed by atoms with van der Waals surface area (Å²) < 4.78 is 5.71. The van der Waals surface area contributed by atoms with E-state index in [0.29, 0.717) is 19.1 Å². The van der Waals surface area contributed by atoms with Crippen molar-refractivity contribution in [3.8, 4) is 5.75 Å². The Labute approximate surface area is 163 Å². The molecular formula is C21H23N3O2S. The summed E-state index contributed by atoms with van der Waals surface area (Å²) in [6.07, 6.45) is 2.34. The lowest BCUT2D eigenvalue weighted by Crippen LogP contribution is -2.30. The molecule has 0 aliphatic heterocycles. The molecule has 5 nitrogen and oxygen atoms in total. The summed E-state index contributed by atoms with van der Waals surface area (Å²) in [7, 11) is 1.81. The topological polar surface area (TPSA) is 55.3 Å². The highest BCUT2D eigenvalue weighted by Gasteiger charge is 2.29. The standard InChI is InChI=1S/C21H23N3O2S/c1-13-17-14(2)22-19(15-9-10-15)23-20(17)27-18(13)21(25)24(3)11-12-26-16-7-5-4-6-8-16/h4-8,15H,9-12H2,1-3H3. The molecule has 2 heterocycles. The van der Waals surface area contributed by atoms with Gasteiger partial charge in [0.1, 0.15) is 23.0 Å². The first kappa shape index (κ1) is 17.9. The van der Waals surface area contributed by atoms with Crippen molar-refractivity contribution in [2.45, 2.75) is 32.6 Å². The molecule has 1 fully saturated rings. The van der Waals surface area contributed by atoms with Gasteiger partial charge in [-0.25, -0.2) is 9.97 Å². The summed E-state index contributed by atoms with van der Waals surface area (Å²) in [5.74, 6) is 2.27. The number of ether oxygens (including phenoxy) is 1. The van der Waals surface area contributed by atoms with Crippen molar-refractivity contribution in [3.63, 3.8) is 0 Å². The molecule has 1 saturated carbocycles. The third-order valence-electron chi connectivity index (χ3n) is 4.91. The van der Waals surface area contributed by atoms with Crippen LogP contribution < -0.4 is 4.74 Å². The lowest BCUT2D eigenvalue weighted by Gasteiger charge is -2.17. The fraction of sp³-hybridized carbons (Fsp3) is 0.381. The minimum Gasteiger partial charge on any atom is -0.492 e. The average Bonchev–Trinajstić information content (AvgIpc) is 3.46. The van der Waals surface area contributed by atoms with Crippen molar-refractivity contribution < 1.29 is 9.53 Å². The van der Waals surface area contributed by atoms with E-state index in [9.17, 15) is 4.79 Å². The molecule has 0 radical (unpaired) electrons. The molecule has 0 saturated heterocycles. The van der Waals surface area contributed by atoms with Crippen LogP contribution in [0.15, 0.2) is 30.3 Å². The van der Waals surface area contributed by atoms with E-state index in [2.05, 4.69) is 4.98 Å². The average molecular weight is 382 g/mol. The molecule has 0 N–H and O–H groups in total. The molecule has 0 spiro atoms. The van der Waals surface area contributed by atoms with Crippen molar-refractivity contribution in [1.29, 1.82) is 0 Å². The Morgan fingerprint density at radius 2 is 1.96 bits per heavy atom. The van der Waals surface area contributed by atoms with Crippen LogP contribution in [0.5, 0.6) is 5.75 Å². The SMILES string of the molecule is Cc1nc(C2CC2)nc2sc(C(=O)N(C)CCOc3ccccc3)c(C)c12. The molecule has 3 aromatic rings. The molecule has 140 valence electrons. The number of hydrogen-bond acceptors (Lipinski definition) is 5. The Hall–Kier alpha value is -2.47. The number of carbonyl (C=O) groups is 1. The van der Waals surface area contributed by atoms with Gasteiger partial charge in [-0.2, -0.15) is 0 Å². The normalized spacial score (nSPS) is 13.7. The van der Waals surface area contributed by atoms with Gasteiger partial charge in [-0.15, -0.1) is 11.3 Å². The number of carbonyl (C=O) groups excluding carboxylic acids is 1. The number of para-hydroxylation sites is 1. The second kappa shape index (κ2) is 7.27. The highest BCUT2D eigenvalue weighted by molar-refractivity contribution is 7.20.